The molecule has 1 nitrogen and oxygen atoms in total. The van der Waals surface area contributed by atoms with Gasteiger partial charge in [0.2, 0.25) is 0 Å². The van der Waals surface area contributed by atoms with Crippen LogP contribution >= 0.6 is 0 Å². The van der Waals surface area contributed by atoms with Gasteiger partial charge in [-0.3, -0.25) is 0 Å². The lowest BCUT2D eigenvalue weighted by Gasteiger charge is -2.10. The summed E-state index contributed by atoms with van der Waals surface area (Å²) in [5, 5.41) is 9.66. The van der Waals surface area contributed by atoms with E-state index in [1.54, 1.807) is 6.07 Å². The lowest BCUT2D eigenvalue weighted by atomic mass is 10.0. The Balaban J connectivity index is 2.48. The zero-order valence-electron chi connectivity index (χ0n) is 7.20. The van der Waals surface area contributed by atoms with Crippen molar-refractivity contribution in [2.45, 2.75) is 18.9 Å². The number of aliphatic hydroxyl groups is 1. The van der Waals surface area contributed by atoms with Gasteiger partial charge in [0.1, 0.15) is 5.82 Å². The monoisotopic (exact) mass is 178 g/mol. The summed E-state index contributed by atoms with van der Waals surface area (Å²) < 4.78 is 12.8. The maximum atomic E-state index is 12.8. The molecule has 1 aliphatic carbocycles. The molecule has 2 heteroatoms. The third-order valence-electron chi connectivity index (χ3n) is 2.33. The molecule has 0 spiro atoms. The van der Waals surface area contributed by atoms with Gasteiger partial charge in [0.05, 0.1) is 6.10 Å². The fourth-order valence-corrected chi connectivity index (χ4v) is 1.64. The minimum absolute atomic E-state index is 0.235. The van der Waals surface area contributed by atoms with Crippen LogP contribution in [0, 0.1) is 5.82 Å². The lowest BCUT2D eigenvalue weighted by Crippen LogP contribution is -1.99. The Kier molecular flexibility index (Phi) is 2.15. The van der Waals surface area contributed by atoms with E-state index in [0.717, 1.165) is 11.1 Å². The van der Waals surface area contributed by atoms with Crippen molar-refractivity contribution in [3.63, 3.8) is 0 Å². The van der Waals surface area contributed by atoms with Crippen LogP contribution in [0.1, 0.15) is 23.7 Å². The number of benzene rings is 1. The van der Waals surface area contributed by atoms with E-state index in [2.05, 4.69) is 0 Å². The van der Waals surface area contributed by atoms with E-state index in [9.17, 15) is 9.50 Å². The second kappa shape index (κ2) is 3.30. The van der Waals surface area contributed by atoms with Crippen LogP contribution in [0.15, 0.2) is 30.4 Å². The summed E-state index contributed by atoms with van der Waals surface area (Å²) in [4.78, 5) is 0. The molecule has 13 heavy (non-hydrogen) atoms. The molecule has 1 aliphatic rings. The summed E-state index contributed by atoms with van der Waals surface area (Å²) in [5.41, 5.74) is 1.74. The van der Waals surface area contributed by atoms with E-state index in [4.69, 9.17) is 0 Å². The largest absolute Gasteiger partial charge is 0.388 e. The molecule has 0 heterocycles. The van der Waals surface area contributed by atoms with Crippen molar-refractivity contribution >= 4 is 0 Å². The van der Waals surface area contributed by atoms with E-state index < -0.39 is 6.10 Å². The van der Waals surface area contributed by atoms with Gasteiger partial charge in [0.25, 0.3) is 0 Å². The topological polar surface area (TPSA) is 20.2 Å². The molecule has 1 aromatic carbocycles. The molecule has 0 aliphatic heterocycles. The van der Waals surface area contributed by atoms with Gasteiger partial charge in [0, 0.05) is 0 Å². The van der Waals surface area contributed by atoms with Crippen LogP contribution in [0.25, 0.3) is 0 Å². The predicted octanol–water partition coefficient (Wildman–Crippen LogP) is 2.36. The van der Waals surface area contributed by atoms with Crippen LogP contribution in [0.5, 0.6) is 0 Å². The molecule has 2 rings (SSSR count). The Morgan fingerprint density at radius 2 is 2.15 bits per heavy atom. The van der Waals surface area contributed by atoms with Gasteiger partial charge >= 0.3 is 0 Å². The summed E-state index contributed by atoms with van der Waals surface area (Å²) >= 11 is 0. The van der Waals surface area contributed by atoms with Crippen LogP contribution in [0.3, 0.4) is 0 Å². The first kappa shape index (κ1) is 8.45. The first-order chi connectivity index (χ1) is 6.27. The molecule has 68 valence electrons. The molecule has 0 unspecified atom stereocenters. The quantitative estimate of drug-likeness (QED) is 0.605. The SMILES string of the molecule is O[C@@H]1CC=CCc2cc(F)ccc21. The maximum absolute atomic E-state index is 12.8. The Morgan fingerprint density at radius 1 is 1.31 bits per heavy atom. The van der Waals surface area contributed by atoms with Gasteiger partial charge < -0.3 is 5.11 Å². The molecular weight excluding hydrogens is 167 g/mol. The Hall–Kier alpha value is -1.15. The number of fused-ring (bicyclic) bond motifs is 1. The van der Waals surface area contributed by atoms with Crippen LogP contribution in [-0.4, -0.2) is 5.11 Å². The summed E-state index contributed by atoms with van der Waals surface area (Å²) in [5.74, 6) is -0.235. The molecule has 1 aromatic rings. The third kappa shape index (κ3) is 1.63. The van der Waals surface area contributed by atoms with Crippen LogP contribution in [0.4, 0.5) is 4.39 Å². The zero-order chi connectivity index (χ0) is 9.26. The van der Waals surface area contributed by atoms with Crippen molar-refractivity contribution in [3.05, 3.63) is 47.3 Å². The number of rotatable bonds is 0. The highest BCUT2D eigenvalue weighted by atomic mass is 19.1. The van der Waals surface area contributed by atoms with Crippen LogP contribution in [-0.2, 0) is 6.42 Å². The highest BCUT2D eigenvalue weighted by molar-refractivity contribution is 5.33. The standard InChI is InChI=1S/C11H11FO/c12-9-5-6-10-8(7-9)3-1-2-4-11(10)13/h1-2,5-7,11,13H,3-4H2/t11-/m1/s1. The lowest BCUT2D eigenvalue weighted by molar-refractivity contribution is 0.181. The van der Waals surface area contributed by atoms with Gasteiger partial charge in [-0.05, 0) is 36.1 Å². The van der Waals surface area contributed by atoms with Crippen LogP contribution < -0.4 is 0 Å². The predicted molar refractivity (Wildman–Crippen MR) is 48.8 cm³/mol. The van der Waals surface area contributed by atoms with E-state index in [-0.39, 0.29) is 5.82 Å². The van der Waals surface area contributed by atoms with E-state index >= 15 is 0 Å². The van der Waals surface area contributed by atoms with Crippen molar-refractivity contribution in [1.29, 1.82) is 0 Å². The Bertz CT molecular complexity index is 344. The first-order valence-electron chi connectivity index (χ1n) is 4.39. The highest BCUT2D eigenvalue weighted by Gasteiger charge is 2.13. The van der Waals surface area contributed by atoms with Gasteiger partial charge in [0.15, 0.2) is 0 Å². The van der Waals surface area contributed by atoms with E-state index in [0.29, 0.717) is 12.8 Å². The fourth-order valence-electron chi connectivity index (χ4n) is 1.64. The Labute approximate surface area is 76.5 Å². The van der Waals surface area contributed by atoms with Crippen molar-refractivity contribution in [3.8, 4) is 0 Å². The minimum atomic E-state index is -0.477. The molecule has 1 N–H and O–H groups in total. The number of allylic oxidation sites excluding steroid dienone is 1. The summed E-state index contributed by atoms with van der Waals surface area (Å²) in [6.45, 7) is 0. The number of hydrogen-bond acceptors (Lipinski definition) is 1. The van der Waals surface area contributed by atoms with Crippen molar-refractivity contribution in [2.75, 3.05) is 0 Å². The number of aliphatic hydroxyl groups excluding tert-OH is 1. The molecule has 0 amide bonds. The molecule has 1 atom stereocenters. The van der Waals surface area contributed by atoms with E-state index in [1.807, 2.05) is 12.2 Å². The average Bonchev–Trinajstić information content (AvgIpc) is 2.28. The second-order valence-corrected chi connectivity index (χ2v) is 3.27. The van der Waals surface area contributed by atoms with Gasteiger partial charge in [-0.2, -0.15) is 0 Å². The molecule has 0 saturated carbocycles. The van der Waals surface area contributed by atoms with Gasteiger partial charge in [-0.1, -0.05) is 18.2 Å². The summed E-state index contributed by atoms with van der Waals surface area (Å²) in [7, 11) is 0. The minimum Gasteiger partial charge on any atom is -0.388 e. The van der Waals surface area contributed by atoms with Gasteiger partial charge in [-0.25, -0.2) is 4.39 Å². The summed E-state index contributed by atoms with van der Waals surface area (Å²) in [6.07, 6.45) is 4.76. The van der Waals surface area contributed by atoms with Crippen LogP contribution in [0.2, 0.25) is 0 Å². The Morgan fingerprint density at radius 3 is 3.00 bits per heavy atom. The number of hydrogen-bond donors (Lipinski definition) is 1. The molecule has 0 fully saturated rings. The molecular formula is C11H11FO. The summed E-state index contributed by atoms with van der Waals surface area (Å²) in [6, 6.07) is 4.56. The van der Waals surface area contributed by atoms with E-state index in [1.165, 1.54) is 12.1 Å². The maximum Gasteiger partial charge on any atom is 0.123 e. The second-order valence-electron chi connectivity index (χ2n) is 3.27. The van der Waals surface area contributed by atoms with Gasteiger partial charge in [-0.15, -0.1) is 0 Å². The normalized spacial score (nSPS) is 20.9. The molecule has 0 saturated heterocycles. The first-order valence-corrected chi connectivity index (χ1v) is 4.39. The third-order valence-corrected chi connectivity index (χ3v) is 2.33. The van der Waals surface area contributed by atoms with Crippen molar-refractivity contribution < 1.29 is 9.50 Å². The van der Waals surface area contributed by atoms with Crippen molar-refractivity contribution in [2.24, 2.45) is 0 Å². The molecule has 0 bridgehead atoms. The number of halogens is 1. The average molecular weight is 178 g/mol. The zero-order valence-corrected chi connectivity index (χ0v) is 7.20. The molecule has 0 radical (unpaired) electrons. The smallest absolute Gasteiger partial charge is 0.123 e. The van der Waals surface area contributed by atoms with Crippen molar-refractivity contribution in [1.82, 2.24) is 0 Å². The molecule has 0 aromatic heterocycles. The fraction of sp³-hybridized carbons (Fsp3) is 0.273. The highest BCUT2D eigenvalue weighted by Crippen LogP contribution is 2.25.